The molecule has 0 bridgehead atoms. The summed E-state index contributed by atoms with van der Waals surface area (Å²) >= 11 is 0. The van der Waals surface area contributed by atoms with Crippen molar-refractivity contribution in [1.29, 1.82) is 0 Å². The fourth-order valence-corrected chi connectivity index (χ4v) is 3.94. The number of hydrogen-bond acceptors (Lipinski definition) is 1. The van der Waals surface area contributed by atoms with Crippen LogP contribution in [0.2, 0.25) is 0 Å². The predicted octanol–water partition coefficient (Wildman–Crippen LogP) is 5.38. The summed E-state index contributed by atoms with van der Waals surface area (Å²) in [6.45, 7) is 7.22. The van der Waals surface area contributed by atoms with E-state index < -0.39 is 5.41 Å². The molecule has 1 aliphatic rings. The fourth-order valence-electron chi connectivity index (χ4n) is 3.94. The zero-order valence-corrected chi connectivity index (χ0v) is 16.7. The minimum atomic E-state index is -0.391. The average Bonchev–Trinajstić information content (AvgIpc) is 3.06. The molecule has 0 saturated heterocycles. The highest BCUT2D eigenvalue weighted by atomic mass is 19.1. The number of carbonyl (C=O) groups is 1. The quantitative estimate of drug-likeness (QED) is 0.693. The van der Waals surface area contributed by atoms with Gasteiger partial charge in [-0.25, -0.2) is 4.39 Å². The lowest BCUT2D eigenvalue weighted by Gasteiger charge is -2.38. The summed E-state index contributed by atoms with van der Waals surface area (Å²) in [4.78, 5) is 15.3. The van der Waals surface area contributed by atoms with E-state index in [1.54, 1.807) is 12.1 Å². The number of halogens is 1. The number of carbonyl (C=O) groups excluding carboxylic acids is 1. The van der Waals surface area contributed by atoms with Gasteiger partial charge in [-0.2, -0.15) is 0 Å². The van der Waals surface area contributed by atoms with Crippen molar-refractivity contribution in [1.82, 2.24) is 9.47 Å². The largest absolute Gasteiger partial charge is 0.345 e. The molecular formula is C23H31FN2O. The van der Waals surface area contributed by atoms with Crippen molar-refractivity contribution in [2.75, 3.05) is 0 Å². The lowest BCUT2D eigenvalue weighted by atomic mass is 9.89. The van der Waals surface area contributed by atoms with Crippen molar-refractivity contribution in [2.45, 2.75) is 72.0 Å². The van der Waals surface area contributed by atoms with E-state index in [2.05, 4.69) is 15.5 Å². The Labute approximate surface area is 162 Å². The second-order valence-electron chi connectivity index (χ2n) is 8.73. The van der Waals surface area contributed by atoms with Gasteiger partial charge >= 0.3 is 0 Å². The molecule has 1 aromatic carbocycles. The molecule has 0 atom stereocenters. The van der Waals surface area contributed by atoms with Crippen LogP contribution in [0.25, 0.3) is 0 Å². The molecule has 2 aromatic rings. The first-order valence-electron chi connectivity index (χ1n) is 10.0. The normalized spacial score (nSPS) is 15.7. The monoisotopic (exact) mass is 370 g/mol. The van der Waals surface area contributed by atoms with Crippen LogP contribution < -0.4 is 0 Å². The summed E-state index contributed by atoms with van der Waals surface area (Å²) in [6, 6.07) is 11.1. The van der Waals surface area contributed by atoms with E-state index >= 15 is 0 Å². The van der Waals surface area contributed by atoms with E-state index in [0.717, 1.165) is 24.1 Å². The summed E-state index contributed by atoms with van der Waals surface area (Å²) in [5.41, 5.74) is 1.64. The van der Waals surface area contributed by atoms with Gasteiger partial charge in [0.2, 0.25) is 5.91 Å². The van der Waals surface area contributed by atoms with Gasteiger partial charge in [-0.3, -0.25) is 4.79 Å². The van der Waals surface area contributed by atoms with E-state index in [9.17, 15) is 9.18 Å². The molecule has 3 nitrogen and oxygen atoms in total. The molecule has 146 valence electrons. The average molecular weight is 371 g/mol. The van der Waals surface area contributed by atoms with Gasteiger partial charge in [-0.15, -0.1) is 0 Å². The van der Waals surface area contributed by atoms with Crippen LogP contribution >= 0.6 is 0 Å². The number of benzene rings is 1. The minimum Gasteiger partial charge on any atom is -0.345 e. The maximum atomic E-state index is 13.5. The molecule has 3 rings (SSSR count). The first-order chi connectivity index (χ1) is 12.8. The van der Waals surface area contributed by atoms with E-state index in [1.807, 2.05) is 39.1 Å². The summed E-state index contributed by atoms with van der Waals surface area (Å²) in [5, 5.41) is 0. The Morgan fingerprint density at radius 3 is 2.56 bits per heavy atom. The zero-order valence-electron chi connectivity index (χ0n) is 16.7. The molecule has 0 spiro atoms. The highest BCUT2D eigenvalue weighted by Gasteiger charge is 2.33. The lowest BCUT2D eigenvalue weighted by molar-refractivity contribution is -0.143. The van der Waals surface area contributed by atoms with Crippen molar-refractivity contribution < 1.29 is 9.18 Å². The van der Waals surface area contributed by atoms with Crippen LogP contribution in [0.3, 0.4) is 0 Å². The van der Waals surface area contributed by atoms with Gasteiger partial charge in [0.05, 0.1) is 6.54 Å². The molecule has 1 aromatic heterocycles. The summed E-state index contributed by atoms with van der Waals surface area (Å²) in [7, 11) is 0. The van der Waals surface area contributed by atoms with Crippen LogP contribution in [0.15, 0.2) is 42.6 Å². The predicted molar refractivity (Wildman–Crippen MR) is 107 cm³/mol. The van der Waals surface area contributed by atoms with E-state index in [4.69, 9.17) is 0 Å². The SMILES string of the molecule is CC(C)(C)C(=O)N(Cc1cccn1Cc1cccc(F)c1)C1CCCCC1. The van der Waals surface area contributed by atoms with Crippen LogP contribution in [0.5, 0.6) is 0 Å². The molecule has 0 unspecified atom stereocenters. The smallest absolute Gasteiger partial charge is 0.228 e. The Balaban J connectivity index is 1.81. The number of rotatable bonds is 5. The third-order valence-corrected chi connectivity index (χ3v) is 5.42. The lowest BCUT2D eigenvalue weighted by Crippen LogP contribution is -2.46. The number of amides is 1. The van der Waals surface area contributed by atoms with Crippen molar-refractivity contribution in [3.63, 3.8) is 0 Å². The van der Waals surface area contributed by atoms with Gasteiger partial charge < -0.3 is 9.47 Å². The summed E-state index contributed by atoms with van der Waals surface area (Å²) in [5.74, 6) is 0.000791. The van der Waals surface area contributed by atoms with Crippen molar-refractivity contribution in [2.24, 2.45) is 5.41 Å². The van der Waals surface area contributed by atoms with E-state index in [1.165, 1.54) is 25.3 Å². The van der Waals surface area contributed by atoms with Crippen LogP contribution in [0.4, 0.5) is 4.39 Å². The molecule has 0 N–H and O–H groups in total. The van der Waals surface area contributed by atoms with Gasteiger partial charge in [0.25, 0.3) is 0 Å². The highest BCUT2D eigenvalue weighted by Crippen LogP contribution is 2.29. The second kappa shape index (κ2) is 8.28. The Morgan fingerprint density at radius 2 is 1.89 bits per heavy atom. The topological polar surface area (TPSA) is 25.2 Å². The second-order valence-corrected chi connectivity index (χ2v) is 8.73. The Hall–Kier alpha value is -2.10. The van der Waals surface area contributed by atoms with Gasteiger partial charge in [-0.1, -0.05) is 52.2 Å². The van der Waals surface area contributed by atoms with Gasteiger partial charge in [0.1, 0.15) is 5.82 Å². The molecular weight excluding hydrogens is 339 g/mol. The van der Waals surface area contributed by atoms with Crippen LogP contribution in [0.1, 0.15) is 64.1 Å². The van der Waals surface area contributed by atoms with Gasteiger partial charge in [-0.05, 0) is 42.7 Å². The van der Waals surface area contributed by atoms with Crippen LogP contribution in [0, 0.1) is 11.2 Å². The minimum absolute atomic E-state index is 0.215. The Kier molecular flexibility index (Phi) is 6.03. The molecule has 4 heteroatoms. The number of hydrogen-bond donors (Lipinski definition) is 0. The molecule has 1 aliphatic carbocycles. The molecule has 1 amide bonds. The number of aromatic nitrogens is 1. The van der Waals surface area contributed by atoms with Crippen LogP contribution in [-0.4, -0.2) is 21.4 Å². The molecule has 1 saturated carbocycles. The van der Waals surface area contributed by atoms with Crippen molar-refractivity contribution in [3.8, 4) is 0 Å². The first-order valence-corrected chi connectivity index (χ1v) is 10.0. The standard InChI is InChI=1S/C23H31FN2O/c1-23(2,3)22(27)26(20-11-5-4-6-12-20)17-21-13-8-14-25(21)16-18-9-7-10-19(24)15-18/h7-10,13-15,20H,4-6,11-12,16-17H2,1-3H3. The molecule has 27 heavy (non-hydrogen) atoms. The third kappa shape index (κ3) is 5.00. The third-order valence-electron chi connectivity index (χ3n) is 5.42. The fraction of sp³-hybridized carbons (Fsp3) is 0.522. The molecule has 1 heterocycles. The molecule has 1 fully saturated rings. The summed E-state index contributed by atoms with van der Waals surface area (Å²) in [6.07, 6.45) is 7.86. The van der Waals surface area contributed by atoms with Crippen LogP contribution in [-0.2, 0) is 17.9 Å². The molecule has 0 aliphatic heterocycles. The van der Waals surface area contributed by atoms with Gasteiger partial charge in [0, 0.05) is 29.9 Å². The van der Waals surface area contributed by atoms with E-state index in [0.29, 0.717) is 19.1 Å². The maximum Gasteiger partial charge on any atom is 0.228 e. The highest BCUT2D eigenvalue weighted by molar-refractivity contribution is 5.81. The Morgan fingerprint density at radius 1 is 1.15 bits per heavy atom. The van der Waals surface area contributed by atoms with Gasteiger partial charge in [0.15, 0.2) is 0 Å². The number of nitrogens with zero attached hydrogens (tertiary/aromatic N) is 2. The first kappa shape index (κ1) is 19.7. The maximum absolute atomic E-state index is 13.5. The molecule has 0 radical (unpaired) electrons. The van der Waals surface area contributed by atoms with Crippen molar-refractivity contribution >= 4 is 5.91 Å². The zero-order chi connectivity index (χ0) is 19.4. The Bertz CT molecular complexity index is 769. The van der Waals surface area contributed by atoms with E-state index in [-0.39, 0.29) is 11.7 Å². The summed E-state index contributed by atoms with van der Waals surface area (Å²) < 4.78 is 15.6. The van der Waals surface area contributed by atoms with Crippen molar-refractivity contribution in [3.05, 3.63) is 59.7 Å².